The summed E-state index contributed by atoms with van der Waals surface area (Å²) in [4.78, 5) is 0. The highest BCUT2D eigenvalue weighted by Crippen LogP contribution is 2.40. The Balaban J connectivity index is 2.34. The van der Waals surface area contributed by atoms with E-state index in [1.54, 1.807) is 0 Å². The van der Waals surface area contributed by atoms with Crippen molar-refractivity contribution in [1.29, 1.82) is 0 Å². The molecule has 1 aromatic rings. The topological polar surface area (TPSA) is 21.3 Å². The van der Waals surface area contributed by atoms with E-state index in [1.165, 1.54) is 42.4 Å². The molecule has 0 aromatic heterocycles. The van der Waals surface area contributed by atoms with Crippen molar-refractivity contribution in [3.63, 3.8) is 0 Å². The number of rotatable bonds is 4. The van der Waals surface area contributed by atoms with Crippen molar-refractivity contribution in [2.24, 2.45) is 0 Å². The molecule has 0 radical (unpaired) electrons. The van der Waals surface area contributed by atoms with Crippen molar-refractivity contribution in [3.05, 3.63) is 34.9 Å². The Kier molecular flexibility index (Phi) is 5.22. The molecule has 0 saturated heterocycles. The van der Waals surface area contributed by atoms with Crippen LogP contribution in [0.3, 0.4) is 0 Å². The van der Waals surface area contributed by atoms with E-state index in [-0.39, 0.29) is 11.6 Å². The smallest absolute Gasteiger partial charge is 0.0872 e. The van der Waals surface area contributed by atoms with Crippen molar-refractivity contribution in [3.8, 4) is 0 Å². The lowest BCUT2D eigenvalue weighted by Crippen LogP contribution is -2.44. The van der Waals surface area contributed by atoms with Crippen LogP contribution in [0.25, 0.3) is 0 Å². The molecule has 0 aliphatic heterocycles. The van der Waals surface area contributed by atoms with E-state index < -0.39 is 0 Å². The third kappa shape index (κ3) is 3.07. The minimum Gasteiger partial charge on any atom is -0.376 e. The minimum atomic E-state index is -0.0487. The van der Waals surface area contributed by atoms with Crippen LogP contribution in [0, 0.1) is 13.8 Å². The average Bonchev–Trinajstić information content (AvgIpc) is 2.70. The number of hydrogen-bond acceptors (Lipinski definition) is 2. The van der Waals surface area contributed by atoms with Crippen LogP contribution in [0.15, 0.2) is 18.2 Å². The summed E-state index contributed by atoms with van der Waals surface area (Å²) in [5.74, 6) is 0. The zero-order valence-electron chi connectivity index (χ0n) is 13.5. The van der Waals surface area contributed by atoms with Crippen LogP contribution < -0.4 is 5.32 Å². The quantitative estimate of drug-likeness (QED) is 0.827. The molecule has 1 aliphatic rings. The summed E-state index contributed by atoms with van der Waals surface area (Å²) in [5.41, 5.74) is 4.03. The van der Waals surface area contributed by atoms with Crippen LogP contribution >= 0.6 is 0 Å². The van der Waals surface area contributed by atoms with Crippen LogP contribution in [0.2, 0.25) is 0 Å². The predicted octanol–water partition coefficient (Wildman–Crippen LogP) is 4.30. The molecule has 2 nitrogen and oxygen atoms in total. The molecule has 2 heteroatoms. The van der Waals surface area contributed by atoms with Gasteiger partial charge in [-0.05, 0) is 50.4 Å². The highest BCUT2D eigenvalue weighted by atomic mass is 16.5. The fourth-order valence-corrected chi connectivity index (χ4v) is 3.62. The summed E-state index contributed by atoms with van der Waals surface area (Å²) in [5, 5.41) is 3.53. The molecule has 20 heavy (non-hydrogen) atoms. The fraction of sp³-hybridized carbons (Fsp3) is 0.667. The molecular weight excluding hydrogens is 246 g/mol. The van der Waals surface area contributed by atoms with Gasteiger partial charge >= 0.3 is 0 Å². The van der Waals surface area contributed by atoms with E-state index >= 15 is 0 Å². The maximum Gasteiger partial charge on any atom is 0.0872 e. The molecule has 2 rings (SSSR count). The SMILES string of the molecule is CNC(c1ccc(C)c(C)c1)C1(OC)CCCCCC1. The van der Waals surface area contributed by atoms with Gasteiger partial charge in [0.15, 0.2) is 0 Å². The Hall–Kier alpha value is -0.860. The standard InChI is InChI=1S/C18H29NO/c1-14-9-10-16(13-15(14)2)17(19-3)18(20-4)11-7-5-6-8-12-18/h9-10,13,17,19H,5-8,11-12H2,1-4H3. The Bertz CT molecular complexity index is 433. The summed E-state index contributed by atoms with van der Waals surface area (Å²) in [6.45, 7) is 4.36. The van der Waals surface area contributed by atoms with Crippen molar-refractivity contribution < 1.29 is 4.74 Å². The number of likely N-dealkylation sites (N-methyl/N-ethyl adjacent to an activating group) is 1. The maximum absolute atomic E-state index is 6.07. The molecule has 0 heterocycles. The molecule has 1 atom stereocenters. The van der Waals surface area contributed by atoms with Gasteiger partial charge in [-0.15, -0.1) is 0 Å². The van der Waals surface area contributed by atoms with Crippen molar-refractivity contribution in [1.82, 2.24) is 5.32 Å². The summed E-state index contributed by atoms with van der Waals surface area (Å²) in [6, 6.07) is 7.09. The van der Waals surface area contributed by atoms with Gasteiger partial charge in [0, 0.05) is 7.11 Å². The second kappa shape index (κ2) is 6.73. The van der Waals surface area contributed by atoms with Crippen LogP contribution in [0.5, 0.6) is 0 Å². The fourth-order valence-electron chi connectivity index (χ4n) is 3.62. The second-order valence-corrected chi connectivity index (χ2v) is 6.25. The van der Waals surface area contributed by atoms with Gasteiger partial charge in [0.1, 0.15) is 0 Å². The Labute approximate surface area is 123 Å². The predicted molar refractivity (Wildman–Crippen MR) is 85.2 cm³/mol. The molecule has 0 spiro atoms. The van der Waals surface area contributed by atoms with Gasteiger partial charge in [0.05, 0.1) is 11.6 Å². The monoisotopic (exact) mass is 275 g/mol. The summed E-state index contributed by atoms with van der Waals surface area (Å²) in [6.07, 6.45) is 7.54. The van der Waals surface area contributed by atoms with E-state index in [1.807, 2.05) is 7.11 Å². The van der Waals surface area contributed by atoms with E-state index in [4.69, 9.17) is 4.74 Å². The normalized spacial score (nSPS) is 20.4. The first-order valence-electron chi connectivity index (χ1n) is 7.92. The lowest BCUT2D eigenvalue weighted by Gasteiger charge is -2.39. The van der Waals surface area contributed by atoms with Gasteiger partial charge in [-0.2, -0.15) is 0 Å². The molecule has 0 bridgehead atoms. The lowest BCUT2D eigenvalue weighted by molar-refractivity contribution is -0.0522. The first-order valence-corrected chi connectivity index (χ1v) is 7.92. The van der Waals surface area contributed by atoms with Gasteiger partial charge in [-0.25, -0.2) is 0 Å². The van der Waals surface area contributed by atoms with E-state index in [9.17, 15) is 0 Å². The van der Waals surface area contributed by atoms with E-state index in [0.29, 0.717) is 0 Å². The molecule has 112 valence electrons. The third-order valence-electron chi connectivity index (χ3n) is 5.04. The van der Waals surface area contributed by atoms with E-state index in [2.05, 4.69) is 44.4 Å². The Morgan fingerprint density at radius 1 is 1.05 bits per heavy atom. The maximum atomic E-state index is 6.07. The zero-order valence-corrected chi connectivity index (χ0v) is 13.5. The molecule has 1 fully saturated rings. The number of benzene rings is 1. The highest BCUT2D eigenvalue weighted by Gasteiger charge is 2.39. The zero-order chi connectivity index (χ0) is 14.6. The minimum absolute atomic E-state index is 0.0487. The summed E-state index contributed by atoms with van der Waals surface area (Å²) < 4.78 is 6.07. The number of nitrogens with one attached hydrogen (secondary N) is 1. The first kappa shape index (κ1) is 15.5. The second-order valence-electron chi connectivity index (χ2n) is 6.25. The van der Waals surface area contributed by atoms with Crippen LogP contribution in [-0.2, 0) is 4.74 Å². The number of methoxy groups -OCH3 is 1. The van der Waals surface area contributed by atoms with Gasteiger partial charge in [-0.1, -0.05) is 43.9 Å². The molecular formula is C18H29NO. The van der Waals surface area contributed by atoms with Crippen molar-refractivity contribution in [2.45, 2.75) is 64.0 Å². The van der Waals surface area contributed by atoms with Crippen molar-refractivity contribution in [2.75, 3.05) is 14.2 Å². The van der Waals surface area contributed by atoms with Crippen LogP contribution in [0.4, 0.5) is 0 Å². The molecule has 1 N–H and O–H groups in total. The summed E-state index contributed by atoms with van der Waals surface area (Å²) >= 11 is 0. The number of ether oxygens (including phenoxy) is 1. The average molecular weight is 275 g/mol. The lowest BCUT2D eigenvalue weighted by atomic mass is 9.81. The molecule has 0 amide bonds. The summed E-state index contributed by atoms with van der Waals surface area (Å²) in [7, 11) is 3.95. The molecule has 1 aromatic carbocycles. The van der Waals surface area contributed by atoms with Crippen LogP contribution in [-0.4, -0.2) is 19.8 Å². The van der Waals surface area contributed by atoms with Gasteiger partial charge in [0.25, 0.3) is 0 Å². The Morgan fingerprint density at radius 2 is 1.70 bits per heavy atom. The van der Waals surface area contributed by atoms with Gasteiger partial charge in [-0.3, -0.25) is 0 Å². The van der Waals surface area contributed by atoms with Gasteiger partial charge in [0.2, 0.25) is 0 Å². The van der Waals surface area contributed by atoms with E-state index in [0.717, 1.165) is 12.8 Å². The largest absolute Gasteiger partial charge is 0.376 e. The van der Waals surface area contributed by atoms with Crippen molar-refractivity contribution >= 4 is 0 Å². The Morgan fingerprint density at radius 3 is 2.20 bits per heavy atom. The van der Waals surface area contributed by atoms with Crippen LogP contribution in [0.1, 0.15) is 61.3 Å². The number of hydrogen-bond donors (Lipinski definition) is 1. The molecule has 1 saturated carbocycles. The molecule has 1 aliphatic carbocycles. The number of aryl methyl sites for hydroxylation is 2. The van der Waals surface area contributed by atoms with Gasteiger partial charge < -0.3 is 10.1 Å². The molecule has 1 unspecified atom stereocenters. The first-order chi connectivity index (χ1) is 9.63. The third-order valence-corrected chi connectivity index (χ3v) is 5.04. The highest BCUT2D eigenvalue weighted by molar-refractivity contribution is 5.33.